The van der Waals surface area contributed by atoms with E-state index in [1.54, 1.807) is 60.7 Å². The molecule has 1 aliphatic rings. The fourth-order valence-electron chi connectivity index (χ4n) is 4.19. The molecule has 1 fully saturated rings. The van der Waals surface area contributed by atoms with E-state index in [1.165, 1.54) is 0 Å². The van der Waals surface area contributed by atoms with Gasteiger partial charge in [0.05, 0.1) is 6.61 Å². The van der Waals surface area contributed by atoms with Crippen molar-refractivity contribution < 1.29 is 19.1 Å². The third kappa shape index (κ3) is 7.27. The lowest BCUT2D eigenvalue weighted by atomic mass is 10.00. The molecule has 1 atom stereocenters. The van der Waals surface area contributed by atoms with Crippen LogP contribution in [0, 0.1) is 0 Å². The molecule has 1 aliphatic carbocycles. The summed E-state index contributed by atoms with van der Waals surface area (Å²) in [6, 6.07) is 11.3. The van der Waals surface area contributed by atoms with Crippen molar-refractivity contribution >= 4 is 35.1 Å². The van der Waals surface area contributed by atoms with Crippen molar-refractivity contribution in [2.75, 3.05) is 25.6 Å². The minimum Gasteiger partial charge on any atom is -0.383 e. The van der Waals surface area contributed by atoms with Crippen molar-refractivity contribution in [3.8, 4) is 0 Å². The van der Waals surface area contributed by atoms with E-state index in [0.29, 0.717) is 29.6 Å². The van der Waals surface area contributed by atoms with Crippen LogP contribution in [-0.4, -0.2) is 53.9 Å². The number of anilines is 1. The highest BCUT2D eigenvalue weighted by Gasteiger charge is 2.37. The summed E-state index contributed by atoms with van der Waals surface area (Å²) >= 11 is 6.07. The summed E-state index contributed by atoms with van der Waals surface area (Å²) in [5.41, 5.74) is 0.678. The molecule has 3 amide bonds. The third-order valence-corrected chi connectivity index (χ3v) is 6.07. The zero-order valence-corrected chi connectivity index (χ0v) is 20.1. The zero-order chi connectivity index (χ0) is 24.3. The molecule has 0 unspecified atom stereocenters. The Labute approximate surface area is 205 Å². The Bertz CT molecular complexity index is 949. The fourth-order valence-corrected chi connectivity index (χ4v) is 4.31. The number of hydrogen-bond donors (Lipinski definition) is 2. The van der Waals surface area contributed by atoms with Crippen LogP contribution in [-0.2, 0) is 19.1 Å². The lowest BCUT2D eigenvalue weighted by Crippen LogP contribution is -2.48. The molecule has 0 saturated heterocycles. The fraction of sp³-hybridized carbons (Fsp3) is 0.440. The van der Waals surface area contributed by atoms with Gasteiger partial charge < -0.3 is 20.3 Å². The molecule has 34 heavy (non-hydrogen) atoms. The van der Waals surface area contributed by atoms with Gasteiger partial charge in [0.25, 0.3) is 0 Å². The Morgan fingerprint density at radius 1 is 1.12 bits per heavy atom. The number of ether oxygens (including phenoxy) is 1. The molecule has 1 saturated carbocycles. The number of nitrogens with one attached hydrogen (secondary N) is 2. The Hall–Kier alpha value is -2.97. The Morgan fingerprint density at radius 3 is 2.50 bits per heavy atom. The molecule has 0 radical (unpaired) electrons. The van der Waals surface area contributed by atoms with Gasteiger partial charge in [-0.1, -0.05) is 42.6 Å². The predicted octanol–water partition coefficient (Wildman–Crippen LogP) is 3.73. The first kappa shape index (κ1) is 25.6. The summed E-state index contributed by atoms with van der Waals surface area (Å²) in [7, 11) is 1.56. The second-order valence-corrected chi connectivity index (χ2v) is 8.68. The van der Waals surface area contributed by atoms with Gasteiger partial charge in [-0.3, -0.25) is 14.4 Å². The van der Waals surface area contributed by atoms with Gasteiger partial charge in [0, 0.05) is 43.8 Å². The number of carbonyl (C=O) groups excluding carboxylic acids is 3. The molecule has 0 spiro atoms. The maximum Gasteiger partial charge on any atom is 0.247 e. The smallest absolute Gasteiger partial charge is 0.247 e. The van der Waals surface area contributed by atoms with Crippen molar-refractivity contribution in [3.63, 3.8) is 0 Å². The van der Waals surface area contributed by atoms with Crippen LogP contribution >= 0.6 is 11.6 Å². The Kier molecular flexibility index (Phi) is 9.85. The minimum absolute atomic E-state index is 0.00272. The zero-order valence-electron chi connectivity index (χ0n) is 19.3. The van der Waals surface area contributed by atoms with Crippen molar-refractivity contribution in [1.82, 2.24) is 15.2 Å². The first-order valence-corrected chi connectivity index (χ1v) is 11.9. The van der Waals surface area contributed by atoms with Crippen molar-refractivity contribution in [1.29, 1.82) is 0 Å². The van der Waals surface area contributed by atoms with Gasteiger partial charge in [0.1, 0.15) is 11.9 Å². The molecule has 1 aromatic heterocycles. The normalized spacial score (nSPS) is 14.4. The molecular weight excluding hydrogens is 456 g/mol. The van der Waals surface area contributed by atoms with Crippen LogP contribution in [0.4, 0.5) is 5.82 Å². The molecule has 182 valence electrons. The maximum absolute atomic E-state index is 13.5. The van der Waals surface area contributed by atoms with E-state index in [0.717, 1.165) is 25.7 Å². The molecule has 2 aromatic rings. The average Bonchev–Trinajstić information content (AvgIpc) is 3.37. The SMILES string of the molecule is COCCNC(=O)[C@@H](c1ccc(Cl)cc1)N(C(=O)CCC(=O)Nc1ccccn1)C1CCCC1. The van der Waals surface area contributed by atoms with Gasteiger partial charge in [-0.15, -0.1) is 0 Å². The van der Waals surface area contributed by atoms with Gasteiger partial charge >= 0.3 is 0 Å². The molecule has 0 bridgehead atoms. The number of carbonyl (C=O) groups is 3. The van der Waals surface area contributed by atoms with Crippen LogP contribution in [0.1, 0.15) is 50.1 Å². The molecule has 2 N–H and O–H groups in total. The molecule has 1 aromatic carbocycles. The number of aromatic nitrogens is 1. The predicted molar refractivity (Wildman–Crippen MR) is 130 cm³/mol. The highest BCUT2D eigenvalue weighted by molar-refractivity contribution is 6.30. The van der Waals surface area contributed by atoms with Gasteiger partial charge in [-0.2, -0.15) is 0 Å². The van der Waals surface area contributed by atoms with E-state index in [4.69, 9.17) is 16.3 Å². The molecular formula is C25H31ClN4O4. The summed E-state index contributed by atoms with van der Waals surface area (Å²) in [6.45, 7) is 0.697. The maximum atomic E-state index is 13.5. The molecule has 8 nitrogen and oxygen atoms in total. The quantitative estimate of drug-likeness (QED) is 0.471. The highest BCUT2D eigenvalue weighted by Crippen LogP contribution is 2.33. The van der Waals surface area contributed by atoms with Crippen LogP contribution < -0.4 is 10.6 Å². The largest absolute Gasteiger partial charge is 0.383 e. The number of amides is 3. The second-order valence-electron chi connectivity index (χ2n) is 8.24. The van der Waals surface area contributed by atoms with Gasteiger partial charge in [-0.05, 0) is 42.7 Å². The first-order valence-electron chi connectivity index (χ1n) is 11.5. The van der Waals surface area contributed by atoms with Crippen LogP contribution in [0.3, 0.4) is 0 Å². The number of nitrogens with zero attached hydrogens (tertiary/aromatic N) is 2. The third-order valence-electron chi connectivity index (χ3n) is 5.82. The second kappa shape index (κ2) is 13.1. The summed E-state index contributed by atoms with van der Waals surface area (Å²) < 4.78 is 5.05. The summed E-state index contributed by atoms with van der Waals surface area (Å²) in [6.07, 6.45) is 5.20. The first-order chi connectivity index (χ1) is 16.5. The number of pyridine rings is 1. The van der Waals surface area contributed by atoms with Crippen LogP contribution in [0.2, 0.25) is 5.02 Å². The Balaban J connectivity index is 1.79. The van der Waals surface area contributed by atoms with E-state index >= 15 is 0 Å². The molecule has 9 heteroatoms. The Morgan fingerprint density at radius 2 is 1.85 bits per heavy atom. The lowest BCUT2D eigenvalue weighted by molar-refractivity contribution is -0.144. The number of hydrogen-bond acceptors (Lipinski definition) is 5. The average molecular weight is 487 g/mol. The summed E-state index contributed by atoms with van der Waals surface area (Å²) in [4.78, 5) is 45.0. The van der Waals surface area contributed by atoms with Gasteiger partial charge in [-0.25, -0.2) is 4.98 Å². The standard InChI is InChI=1S/C25H31ClN4O4/c1-34-17-16-28-25(33)24(18-9-11-19(26)12-10-18)30(20-6-2-3-7-20)23(32)14-13-22(31)29-21-8-4-5-15-27-21/h4-5,8-12,15,20,24H,2-3,6-7,13-14,16-17H2,1H3,(H,28,33)(H,27,29,31)/t24-/m1/s1. The van der Waals surface area contributed by atoms with E-state index in [-0.39, 0.29) is 36.6 Å². The molecule has 0 aliphatic heterocycles. The van der Waals surface area contributed by atoms with Crippen molar-refractivity contribution in [2.45, 2.75) is 50.6 Å². The lowest BCUT2D eigenvalue weighted by Gasteiger charge is -2.36. The van der Waals surface area contributed by atoms with Crippen LogP contribution in [0.15, 0.2) is 48.7 Å². The summed E-state index contributed by atoms with van der Waals surface area (Å²) in [5, 5.41) is 6.12. The minimum atomic E-state index is -0.816. The number of rotatable bonds is 11. The van der Waals surface area contributed by atoms with Crippen LogP contribution in [0.5, 0.6) is 0 Å². The molecule has 1 heterocycles. The van der Waals surface area contributed by atoms with E-state index in [9.17, 15) is 14.4 Å². The molecule has 3 rings (SSSR count). The number of halogens is 1. The van der Waals surface area contributed by atoms with Gasteiger partial charge in [0.2, 0.25) is 17.7 Å². The highest BCUT2D eigenvalue weighted by atomic mass is 35.5. The van der Waals surface area contributed by atoms with Crippen molar-refractivity contribution in [3.05, 3.63) is 59.2 Å². The van der Waals surface area contributed by atoms with E-state index in [1.807, 2.05) is 0 Å². The summed E-state index contributed by atoms with van der Waals surface area (Å²) in [5.74, 6) is -0.377. The number of benzene rings is 1. The topological polar surface area (TPSA) is 101 Å². The monoisotopic (exact) mass is 486 g/mol. The van der Waals surface area contributed by atoms with E-state index in [2.05, 4.69) is 15.6 Å². The van der Waals surface area contributed by atoms with Crippen LogP contribution in [0.25, 0.3) is 0 Å². The van der Waals surface area contributed by atoms with E-state index < -0.39 is 6.04 Å². The number of methoxy groups -OCH3 is 1. The van der Waals surface area contributed by atoms with Gasteiger partial charge in [0.15, 0.2) is 0 Å². The van der Waals surface area contributed by atoms with Crippen molar-refractivity contribution in [2.24, 2.45) is 0 Å².